The number of hydrogen-bond donors (Lipinski definition) is 2. The van der Waals surface area contributed by atoms with Gasteiger partial charge >= 0.3 is 12.1 Å². The second kappa shape index (κ2) is 4.55. The molecule has 1 aliphatic rings. The molecule has 2 N–H and O–H groups in total. The third kappa shape index (κ3) is 3.91. The van der Waals surface area contributed by atoms with Crippen molar-refractivity contribution in [1.82, 2.24) is 5.32 Å². The normalized spacial score (nSPS) is 28.8. The van der Waals surface area contributed by atoms with E-state index in [0.29, 0.717) is 19.3 Å². The molecule has 0 unspecified atom stereocenters. The molecule has 0 radical (unpaired) electrons. The highest BCUT2D eigenvalue weighted by molar-refractivity contribution is 5.75. The van der Waals surface area contributed by atoms with E-state index in [1.54, 1.807) is 27.7 Å². The van der Waals surface area contributed by atoms with E-state index in [9.17, 15) is 9.59 Å². The number of ether oxygens (including phenoxy) is 1. The zero-order chi connectivity index (χ0) is 13.3. The molecule has 17 heavy (non-hydrogen) atoms. The summed E-state index contributed by atoms with van der Waals surface area (Å²) in [5, 5.41) is 11.8. The molecule has 5 heteroatoms. The minimum absolute atomic E-state index is 0.106. The highest BCUT2D eigenvalue weighted by atomic mass is 16.6. The Kier molecular flexibility index (Phi) is 3.69. The van der Waals surface area contributed by atoms with Crippen LogP contribution in [0.15, 0.2) is 0 Å². The van der Waals surface area contributed by atoms with E-state index < -0.39 is 23.1 Å². The van der Waals surface area contributed by atoms with Crippen molar-refractivity contribution in [3.63, 3.8) is 0 Å². The van der Waals surface area contributed by atoms with Crippen molar-refractivity contribution in [1.29, 1.82) is 0 Å². The standard InChI is InChI=1S/C12H21NO4/c1-11(2,3)17-10(16)13-8-5-6-12(4,7-8)9(14)15/h8H,5-7H2,1-4H3,(H,13,16)(H,14,15)/t8-,12+/m1/s1. The van der Waals surface area contributed by atoms with Crippen LogP contribution >= 0.6 is 0 Å². The molecule has 1 amide bonds. The van der Waals surface area contributed by atoms with Crippen LogP contribution in [0.3, 0.4) is 0 Å². The summed E-state index contributed by atoms with van der Waals surface area (Å²) in [6, 6.07) is -0.106. The maximum Gasteiger partial charge on any atom is 0.407 e. The molecule has 1 rings (SSSR count). The minimum atomic E-state index is -0.800. The minimum Gasteiger partial charge on any atom is -0.481 e. The molecule has 2 atom stereocenters. The van der Waals surface area contributed by atoms with Crippen LogP contribution in [-0.2, 0) is 9.53 Å². The average molecular weight is 243 g/mol. The Morgan fingerprint density at radius 2 is 2.00 bits per heavy atom. The first-order chi connectivity index (χ1) is 7.62. The number of carboxylic acid groups (broad SMARTS) is 1. The third-order valence-electron chi connectivity index (χ3n) is 2.98. The maximum absolute atomic E-state index is 11.5. The molecule has 0 aromatic heterocycles. The molecule has 1 saturated carbocycles. The quantitative estimate of drug-likeness (QED) is 0.779. The first-order valence-corrected chi connectivity index (χ1v) is 5.85. The molecule has 0 aliphatic heterocycles. The van der Waals surface area contributed by atoms with Gasteiger partial charge in [-0.3, -0.25) is 4.79 Å². The van der Waals surface area contributed by atoms with Crippen molar-refractivity contribution in [2.24, 2.45) is 5.41 Å². The lowest BCUT2D eigenvalue weighted by Gasteiger charge is -2.22. The number of alkyl carbamates (subject to hydrolysis) is 1. The molecule has 0 spiro atoms. The van der Waals surface area contributed by atoms with Crippen LogP contribution in [-0.4, -0.2) is 28.8 Å². The number of aliphatic carboxylic acids is 1. The van der Waals surface area contributed by atoms with Crippen molar-refractivity contribution >= 4 is 12.1 Å². The van der Waals surface area contributed by atoms with E-state index in [2.05, 4.69) is 5.32 Å². The van der Waals surface area contributed by atoms with Crippen molar-refractivity contribution in [2.75, 3.05) is 0 Å². The Bertz CT molecular complexity index is 321. The molecule has 0 saturated heterocycles. The molecule has 5 nitrogen and oxygen atoms in total. The zero-order valence-corrected chi connectivity index (χ0v) is 10.9. The highest BCUT2D eigenvalue weighted by Gasteiger charge is 2.42. The Morgan fingerprint density at radius 3 is 2.41 bits per heavy atom. The van der Waals surface area contributed by atoms with Crippen molar-refractivity contribution in [2.45, 2.75) is 58.6 Å². The van der Waals surface area contributed by atoms with Gasteiger partial charge in [0, 0.05) is 6.04 Å². The number of carbonyl (C=O) groups excluding carboxylic acids is 1. The summed E-state index contributed by atoms with van der Waals surface area (Å²) < 4.78 is 5.13. The summed E-state index contributed by atoms with van der Waals surface area (Å²) >= 11 is 0. The van der Waals surface area contributed by atoms with Crippen LogP contribution in [0, 0.1) is 5.41 Å². The SMILES string of the molecule is CC(C)(C)OC(=O)N[C@@H]1CC[C@](C)(C(=O)O)C1. The lowest BCUT2D eigenvalue weighted by Crippen LogP contribution is -2.39. The topological polar surface area (TPSA) is 75.6 Å². The summed E-state index contributed by atoms with van der Waals surface area (Å²) in [7, 11) is 0. The van der Waals surface area contributed by atoms with Gasteiger partial charge in [0.1, 0.15) is 5.60 Å². The van der Waals surface area contributed by atoms with Crippen LogP contribution in [0.4, 0.5) is 4.79 Å². The van der Waals surface area contributed by atoms with E-state index in [1.807, 2.05) is 0 Å². The van der Waals surface area contributed by atoms with Gasteiger partial charge in [-0.15, -0.1) is 0 Å². The predicted octanol–water partition coefficient (Wildman–Crippen LogP) is 2.15. The van der Waals surface area contributed by atoms with E-state index in [4.69, 9.17) is 9.84 Å². The molecule has 0 heterocycles. The average Bonchev–Trinajstić information content (AvgIpc) is 2.45. The number of hydrogen-bond acceptors (Lipinski definition) is 3. The number of carboxylic acids is 1. The lowest BCUT2D eigenvalue weighted by molar-refractivity contribution is -0.147. The summed E-state index contributed by atoms with van der Waals surface area (Å²) in [6.07, 6.45) is 1.25. The number of rotatable bonds is 2. The number of amides is 1. The van der Waals surface area contributed by atoms with Gasteiger partial charge in [0.25, 0.3) is 0 Å². The van der Waals surface area contributed by atoms with Crippen molar-refractivity contribution in [3.05, 3.63) is 0 Å². The fourth-order valence-corrected chi connectivity index (χ4v) is 2.03. The fraction of sp³-hybridized carbons (Fsp3) is 0.833. The maximum atomic E-state index is 11.5. The van der Waals surface area contributed by atoms with Gasteiger partial charge in [0.05, 0.1) is 5.41 Å². The Hall–Kier alpha value is -1.26. The molecule has 0 aromatic rings. The number of carbonyl (C=O) groups is 2. The predicted molar refractivity (Wildman–Crippen MR) is 62.8 cm³/mol. The van der Waals surface area contributed by atoms with Crippen LogP contribution < -0.4 is 5.32 Å². The van der Waals surface area contributed by atoms with E-state index in [-0.39, 0.29) is 6.04 Å². The van der Waals surface area contributed by atoms with Crippen LogP contribution in [0.25, 0.3) is 0 Å². The van der Waals surface area contributed by atoms with Crippen LogP contribution in [0.2, 0.25) is 0 Å². The molecule has 0 bridgehead atoms. The largest absolute Gasteiger partial charge is 0.481 e. The van der Waals surface area contributed by atoms with Gasteiger partial charge < -0.3 is 15.2 Å². The zero-order valence-electron chi connectivity index (χ0n) is 10.9. The van der Waals surface area contributed by atoms with E-state index in [1.165, 1.54) is 0 Å². The first kappa shape index (κ1) is 13.8. The van der Waals surface area contributed by atoms with Crippen molar-refractivity contribution in [3.8, 4) is 0 Å². The van der Waals surface area contributed by atoms with Gasteiger partial charge in [-0.1, -0.05) is 0 Å². The third-order valence-corrected chi connectivity index (χ3v) is 2.98. The second-order valence-corrected chi connectivity index (χ2v) is 5.95. The van der Waals surface area contributed by atoms with Gasteiger partial charge in [0.2, 0.25) is 0 Å². The molecular formula is C12H21NO4. The monoisotopic (exact) mass is 243 g/mol. The van der Waals surface area contributed by atoms with Gasteiger partial charge in [-0.2, -0.15) is 0 Å². The summed E-state index contributed by atoms with van der Waals surface area (Å²) in [5.74, 6) is -0.800. The first-order valence-electron chi connectivity index (χ1n) is 5.85. The lowest BCUT2D eigenvalue weighted by atomic mass is 9.89. The Morgan fingerprint density at radius 1 is 1.41 bits per heavy atom. The Balaban J connectivity index is 2.46. The molecule has 1 fully saturated rings. The van der Waals surface area contributed by atoms with Crippen molar-refractivity contribution < 1.29 is 19.4 Å². The smallest absolute Gasteiger partial charge is 0.407 e. The van der Waals surface area contributed by atoms with Gasteiger partial charge in [-0.05, 0) is 47.0 Å². The molecule has 98 valence electrons. The van der Waals surface area contributed by atoms with Gasteiger partial charge in [0.15, 0.2) is 0 Å². The van der Waals surface area contributed by atoms with Crippen LogP contribution in [0.5, 0.6) is 0 Å². The van der Waals surface area contributed by atoms with E-state index in [0.717, 1.165) is 0 Å². The molecular weight excluding hydrogens is 222 g/mol. The second-order valence-electron chi connectivity index (χ2n) is 5.95. The molecule has 1 aliphatic carbocycles. The summed E-state index contributed by atoms with van der Waals surface area (Å²) in [5.41, 5.74) is -1.25. The fourth-order valence-electron chi connectivity index (χ4n) is 2.03. The Labute approximate surface area is 102 Å². The molecule has 0 aromatic carbocycles. The van der Waals surface area contributed by atoms with Gasteiger partial charge in [-0.25, -0.2) is 4.79 Å². The van der Waals surface area contributed by atoms with Crippen LogP contribution in [0.1, 0.15) is 47.0 Å². The number of nitrogens with one attached hydrogen (secondary N) is 1. The summed E-state index contributed by atoms with van der Waals surface area (Å²) in [6.45, 7) is 7.10. The highest BCUT2D eigenvalue weighted by Crippen LogP contribution is 2.38. The summed E-state index contributed by atoms with van der Waals surface area (Å²) in [4.78, 5) is 22.6. The van der Waals surface area contributed by atoms with E-state index >= 15 is 0 Å².